The molecular formula is C34H33NO7. The van der Waals surface area contributed by atoms with Crippen molar-refractivity contribution >= 4 is 16.9 Å². The van der Waals surface area contributed by atoms with Crippen molar-refractivity contribution in [1.82, 2.24) is 0 Å². The third kappa shape index (κ3) is 7.16. The van der Waals surface area contributed by atoms with Crippen molar-refractivity contribution in [2.45, 2.75) is 45.3 Å². The van der Waals surface area contributed by atoms with Crippen LogP contribution in [-0.4, -0.2) is 27.6 Å². The third-order valence-corrected chi connectivity index (χ3v) is 6.92. The highest BCUT2D eigenvalue weighted by atomic mass is 16.5. The number of carboxylic acids is 1. The van der Waals surface area contributed by atoms with Crippen LogP contribution in [-0.2, 0) is 37.4 Å². The van der Waals surface area contributed by atoms with Gasteiger partial charge in [0, 0.05) is 29.5 Å². The number of benzene rings is 4. The van der Waals surface area contributed by atoms with Crippen molar-refractivity contribution in [3.8, 4) is 22.6 Å². The van der Waals surface area contributed by atoms with Crippen LogP contribution in [0.5, 0.6) is 11.5 Å². The Bertz CT molecular complexity index is 1670. The molecule has 0 saturated carbocycles. The molecule has 0 fully saturated rings. The zero-order chi connectivity index (χ0) is 29.5. The van der Waals surface area contributed by atoms with Crippen molar-refractivity contribution in [3.63, 3.8) is 0 Å². The number of hydrogen-bond acceptors (Lipinski definition) is 7. The highest BCUT2D eigenvalue weighted by Crippen LogP contribution is 2.34. The van der Waals surface area contributed by atoms with E-state index in [1.165, 1.54) is 0 Å². The largest absolute Gasteiger partial charge is 0.489 e. The second-order valence-electron chi connectivity index (χ2n) is 10.1. The standard InChI is InChI=1S/C34H33NO7/c35-19-22-6-5-9-25(14-22)29-16-23(20-40-30-10-3-1-7-24(30)12-13-32(36)37)15-27-17-28(42-34(27)29)21-41-31-11-4-2-8-26(31)18-33(38)39/h1-11,14-17,32,36-37H,12-13,18-21,35H2,(H,38,39). The number of furan rings is 1. The van der Waals surface area contributed by atoms with Crippen LogP contribution < -0.4 is 15.2 Å². The summed E-state index contributed by atoms with van der Waals surface area (Å²) >= 11 is 0. The normalized spacial score (nSPS) is 11.2. The van der Waals surface area contributed by atoms with Gasteiger partial charge in [-0.05, 0) is 65.1 Å². The van der Waals surface area contributed by atoms with E-state index in [0.717, 1.165) is 33.2 Å². The molecule has 216 valence electrons. The van der Waals surface area contributed by atoms with Crippen LogP contribution in [0.25, 0.3) is 22.1 Å². The van der Waals surface area contributed by atoms with Gasteiger partial charge in [-0.2, -0.15) is 0 Å². The molecule has 4 aromatic carbocycles. The maximum absolute atomic E-state index is 11.3. The van der Waals surface area contributed by atoms with Gasteiger partial charge in [0.05, 0.1) is 6.42 Å². The van der Waals surface area contributed by atoms with Crippen LogP contribution >= 0.6 is 0 Å². The first-order valence-corrected chi connectivity index (χ1v) is 13.7. The summed E-state index contributed by atoms with van der Waals surface area (Å²) in [7, 11) is 0. The Labute approximate surface area is 243 Å². The van der Waals surface area contributed by atoms with E-state index < -0.39 is 12.3 Å². The number of aliphatic hydroxyl groups is 2. The Kier molecular flexibility index (Phi) is 9.18. The number of rotatable bonds is 13. The fourth-order valence-electron chi connectivity index (χ4n) is 4.90. The Morgan fingerprint density at radius 1 is 0.810 bits per heavy atom. The number of para-hydroxylation sites is 2. The average Bonchev–Trinajstić information content (AvgIpc) is 3.41. The Balaban J connectivity index is 1.45. The van der Waals surface area contributed by atoms with Crippen molar-refractivity contribution in [3.05, 3.63) is 119 Å². The number of aliphatic carboxylic acids is 1. The molecular weight excluding hydrogens is 534 g/mol. The summed E-state index contributed by atoms with van der Waals surface area (Å²) in [6, 6.07) is 28.6. The predicted octanol–water partition coefficient (Wildman–Crippen LogP) is 5.59. The van der Waals surface area contributed by atoms with E-state index in [9.17, 15) is 20.1 Å². The van der Waals surface area contributed by atoms with E-state index in [4.69, 9.17) is 19.6 Å². The van der Waals surface area contributed by atoms with Crippen LogP contribution in [0.1, 0.15) is 34.4 Å². The second-order valence-corrected chi connectivity index (χ2v) is 10.1. The fourth-order valence-corrected chi connectivity index (χ4v) is 4.90. The molecule has 0 aliphatic heterocycles. The molecule has 0 atom stereocenters. The summed E-state index contributed by atoms with van der Waals surface area (Å²) in [6.07, 6.45) is -0.818. The lowest BCUT2D eigenvalue weighted by Crippen LogP contribution is -2.06. The summed E-state index contributed by atoms with van der Waals surface area (Å²) in [5.41, 5.74) is 11.9. The maximum atomic E-state index is 11.3. The van der Waals surface area contributed by atoms with Crippen molar-refractivity contribution < 1.29 is 34.0 Å². The van der Waals surface area contributed by atoms with Crippen LogP contribution in [0.3, 0.4) is 0 Å². The zero-order valence-electron chi connectivity index (χ0n) is 23.0. The molecule has 1 aromatic heterocycles. The molecule has 5 N–H and O–H groups in total. The molecule has 0 bridgehead atoms. The molecule has 8 nitrogen and oxygen atoms in total. The molecule has 0 aliphatic carbocycles. The van der Waals surface area contributed by atoms with Gasteiger partial charge >= 0.3 is 5.97 Å². The Morgan fingerprint density at radius 3 is 2.26 bits per heavy atom. The first-order valence-electron chi connectivity index (χ1n) is 13.7. The van der Waals surface area contributed by atoms with E-state index in [-0.39, 0.29) is 26.1 Å². The topological polar surface area (TPSA) is 135 Å². The molecule has 8 heteroatoms. The molecule has 0 aliphatic rings. The average molecular weight is 568 g/mol. The molecule has 0 saturated heterocycles. The van der Waals surface area contributed by atoms with Gasteiger partial charge in [-0.15, -0.1) is 0 Å². The molecule has 5 aromatic rings. The summed E-state index contributed by atoms with van der Waals surface area (Å²) in [5, 5.41) is 28.7. The summed E-state index contributed by atoms with van der Waals surface area (Å²) in [6.45, 7) is 0.827. The number of carboxylic acid groups (broad SMARTS) is 1. The zero-order valence-corrected chi connectivity index (χ0v) is 23.0. The number of fused-ring (bicyclic) bond motifs is 1. The lowest BCUT2D eigenvalue weighted by Gasteiger charge is -2.13. The van der Waals surface area contributed by atoms with Gasteiger partial charge in [-0.3, -0.25) is 4.79 Å². The summed E-state index contributed by atoms with van der Waals surface area (Å²) in [5.74, 6) is 0.851. The number of ether oxygens (including phenoxy) is 2. The van der Waals surface area contributed by atoms with E-state index in [0.29, 0.717) is 41.4 Å². The molecule has 42 heavy (non-hydrogen) atoms. The minimum atomic E-state index is -1.38. The predicted molar refractivity (Wildman–Crippen MR) is 159 cm³/mol. The smallest absolute Gasteiger partial charge is 0.307 e. The van der Waals surface area contributed by atoms with Gasteiger partial charge in [-0.1, -0.05) is 54.6 Å². The second kappa shape index (κ2) is 13.4. The fraction of sp³-hybridized carbons (Fsp3) is 0.206. The van der Waals surface area contributed by atoms with E-state index in [1.807, 2.05) is 66.7 Å². The van der Waals surface area contributed by atoms with Crippen molar-refractivity contribution in [2.75, 3.05) is 0 Å². The van der Waals surface area contributed by atoms with Gasteiger partial charge in [0.2, 0.25) is 0 Å². The molecule has 0 radical (unpaired) electrons. The van der Waals surface area contributed by atoms with Gasteiger partial charge in [0.15, 0.2) is 6.29 Å². The van der Waals surface area contributed by atoms with Gasteiger partial charge in [0.1, 0.15) is 36.1 Å². The van der Waals surface area contributed by atoms with Crippen LogP contribution in [0.2, 0.25) is 0 Å². The number of nitrogens with two attached hydrogens (primary N) is 1. The molecule has 1 heterocycles. The van der Waals surface area contributed by atoms with Crippen molar-refractivity contribution in [1.29, 1.82) is 0 Å². The number of carbonyl (C=O) groups is 1. The molecule has 0 amide bonds. The van der Waals surface area contributed by atoms with Crippen molar-refractivity contribution in [2.24, 2.45) is 5.73 Å². The maximum Gasteiger partial charge on any atom is 0.307 e. The number of aliphatic hydroxyl groups excluding tert-OH is 1. The van der Waals surface area contributed by atoms with E-state index in [1.54, 1.807) is 24.3 Å². The molecule has 0 unspecified atom stereocenters. The van der Waals surface area contributed by atoms with Crippen LogP contribution in [0.4, 0.5) is 0 Å². The molecule has 0 spiro atoms. The summed E-state index contributed by atoms with van der Waals surface area (Å²) in [4.78, 5) is 11.3. The SMILES string of the molecule is NCc1cccc(-c2cc(COc3ccccc3CCC(O)O)cc3cc(COc4ccccc4CC(=O)O)oc23)c1. The minimum Gasteiger partial charge on any atom is -0.489 e. The van der Waals surface area contributed by atoms with Crippen LogP contribution in [0, 0.1) is 0 Å². The molecule has 5 rings (SSSR count). The van der Waals surface area contributed by atoms with E-state index in [2.05, 4.69) is 0 Å². The first-order chi connectivity index (χ1) is 20.4. The summed E-state index contributed by atoms with van der Waals surface area (Å²) < 4.78 is 18.5. The Morgan fingerprint density at radius 2 is 1.52 bits per heavy atom. The quantitative estimate of drug-likeness (QED) is 0.135. The van der Waals surface area contributed by atoms with Gasteiger partial charge < -0.3 is 34.9 Å². The monoisotopic (exact) mass is 567 g/mol. The lowest BCUT2D eigenvalue weighted by molar-refractivity contribution is -0.136. The number of aryl methyl sites for hydroxylation is 1. The Hall–Kier alpha value is -4.63. The highest BCUT2D eigenvalue weighted by molar-refractivity contribution is 5.93. The third-order valence-electron chi connectivity index (χ3n) is 6.92. The lowest BCUT2D eigenvalue weighted by atomic mass is 9.99. The van der Waals surface area contributed by atoms with Gasteiger partial charge in [0.25, 0.3) is 0 Å². The first kappa shape index (κ1) is 28.9. The van der Waals surface area contributed by atoms with Gasteiger partial charge in [-0.25, -0.2) is 0 Å². The number of hydrogen-bond donors (Lipinski definition) is 4. The van der Waals surface area contributed by atoms with Crippen LogP contribution in [0.15, 0.2) is 95.4 Å². The minimum absolute atomic E-state index is 0.128. The highest BCUT2D eigenvalue weighted by Gasteiger charge is 2.15. The van der Waals surface area contributed by atoms with E-state index >= 15 is 0 Å².